The molecule has 1 fully saturated rings. The molecule has 6 heteroatoms. The SMILES string of the molecule is COc1ccc(NC(=O)N2CCCC3(CCc4cnc(C)nc43)C2)c(C)c1. The molecule has 2 aromatic rings. The Balaban J connectivity index is 1.53. The molecule has 1 aliphatic heterocycles. The van der Waals surface area contributed by atoms with Crippen molar-refractivity contribution in [2.45, 2.75) is 44.9 Å². The molecular weight excluding hydrogens is 340 g/mol. The van der Waals surface area contributed by atoms with Gasteiger partial charge in [-0.1, -0.05) is 0 Å². The first kappa shape index (κ1) is 17.8. The topological polar surface area (TPSA) is 67.3 Å². The molecule has 0 saturated carbocycles. The maximum atomic E-state index is 12.9. The number of fused-ring (bicyclic) bond motifs is 2. The Morgan fingerprint density at radius 2 is 2.15 bits per heavy atom. The second-order valence-electron chi connectivity index (χ2n) is 7.71. The van der Waals surface area contributed by atoms with E-state index in [1.807, 2.05) is 43.1 Å². The molecule has 1 aromatic carbocycles. The van der Waals surface area contributed by atoms with Gasteiger partial charge in [-0.05, 0) is 68.9 Å². The zero-order valence-electron chi connectivity index (χ0n) is 16.2. The van der Waals surface area contributed by atoms with Crippen molar-refractivity contribution in [1.29, 1.82) is 0 Å². The number of hydrogen-bond donors (Lipinski definition) is 1. The molecule has 0 bridgehead atoms. The van der Waals surface area contributed by atoms with E-state index in [4.69, 9.17) is 9.72 Å². The molecule has 2 heterocycles. The van der Waals surface area contributed by atoms with E-state index in [1.54, 1.807) is 7.11 Å². The van der Waals surface area contributed by atoms with Crippen molar-refractivity contribution >= 4 is 11.7 Å². The number of ether oxygens (including phenoxy) is 1. The summed E-state index contributed by atoms with van der Waals surface area (Å²) in [4.78, 5) is 24.0. The number of benzene rings is 1. The summed E-state index contributed by atoms with van der Waals surface area (Å²) in [5, 5.41) is 3.07. The Labute approximate surface area is 160 Å². The van der Waals surface area contributed by atoms with Gasteiger partial charge in [-0.15, -0.1) is 0 Å². The lowest BCUT2D eigenvalue weighted by molar-refractivity contribution is 0.157. The van der Waals surface area contributed by atoms with Crippen LogP contribution < -0.4 is 10.1 Å². The van der Waals surface area contributed by atoms with Gasteiger partial charge in [0.1, 0.15) is 11.6 Å². The first-order valence-electron chi connectivity index (χ1n) is 9.54. The minimum atomic E-state index is -0.0402. The fraction of sp³-hybridized carbons (Fsp3) is 0.476. The number of carbonyl (C=O) groups excluding carboxylic acids is 1. The molecule has 4 rings (SSSR count). The quantitative estimate of drug-likeness (QED) is 0.882. The highest BCUT2D eigenvalue weighted by atomic mass is 16.5. The zero-order valence-corrected chi connectivity index (χ0v) is 16.2. The fourth-order valence-corrected chi connectivity index (χ4v) is 4.43. The van der Waals surface area contributed by atoms with Crippen molar-refractivity contribution in [2.75, 3.05) is 25.5 Å². The van der Waals surface area contributed by atoms with E-state index >= 15 is 0 Å². The number of urea groups is 1. The minimum absolute atomic E-state index is 0.0203. The van der Waals surface area contributed by atoms with Crippen LogP contribution in [-0.2, 0) is 11.8 Å². The molecule has 1 unspecified atom stereocenters. The van der Waals surface area contributed by atoms with Gasteiger partial charge in [0.2, 0.25) is 0 Å². The first-order chi connectivity index (χ1) is 13.0. The van der Waals surface area contributed by atoms with Crippen molar-refractivity contribution in [3.63, 3.8) is 0 Å². The molecule has 1 saturated heterocycles. The predicted molar refractivity (Wildman–Crippen MR) is 104 cm³/mol. The molecule has 2 aliphatic rings. The van der Waals surface area contributed by atoms with E-state index < -0.39 is 0 Å². The molecule has 6 nitrogen and oxygen atoms in total. The molecule has 27 heavy (non-hydrogen) atoms. The molecule has 1 spiro atoms. The maximum Gasteiger partial charge on any atom is 0.321 e. The Morgan fingerprint density at radius 1 is 1.30 bits per heavy atom. The van der Waals surface area contributed by atoms with E-state index in [1.165, 1.54) is 5.56 Å². The second kappa shape index (κ2) is 6.83. The molecule has 1 aromatic heterocycles. The number of amides is 2. The van der Waals surface area contributed by atoms with Gasteiger partial charge < -0.3 is 15.0 Å². The largest absolute Gasteiger partial charge is 0.497 e. The van der Waals surface area contributed by atoms with E-state index in [0.29, 0.717) is 0 Å². The van der Waals surface area contributed by atoms with Gasteiger partial charge >= 0.3 is 6.03 Å². The molecular formula is C21H26N4O2. The summed E-state index contributed by atoms with van der Waals surface area (Å²) in [6.45, 7) is 5.41. The molecule has 1 aliphatic carbocycles. The van der Waals surface area contributed by atoms with Crippen molar-refractivity contribution in [3.8, 4) is 5.75 Å². The summed E-state index contributed by atoms with van der Waals surface area (Å²) in [6, 6.07) is 5.65. The van der Waals surface area contributed by atoms with Crippen molar-refractivity contribution in [1.82, 2.24) is 14.9 Å². The zero-order chi connectivity index (χ0) is 19.0. The lowest BCUT2D eigenvalue weighted by Crippen LogP contribution is -2.49. The van der Waals surface area contributed by atoms with E-state index in [9.17, 15) is 4.79 Å². The van der Waals surface area contributed by atoms with Crippen molar-refractivity contribution < 1.29 is 9.53 Å². The number of rotatable bonds is 2. The van der Waals surface area contributed by atoms with Crippen LogP contribution in [0.3, 0.4) is 0 Å². The summed E-state index contributed by atoms with van der Waals surface area (Å²) in [7, 11) is 1.64. The standard InChI is InChI=1S/C21H26N4O2/c1-14-11-17(27-3)5-6-18(14)24-20(26)25-10-4-8-21(13-25)9-7-16-12-22-15(2)23-19(16)21/h5-6,11-12H,4,7-10,13H2,1-3H3,(H,24,26). The number of hydrogen-bond acceptors (Lipinski definition) is 4. The normalized spacial score (nSPS) is 21.2. The predicted octanol–water partition coefficient (Wildman–Crippen LogP) is 3.61. The highest BCUT2D eigenvalue weighted by Crippen LogP contribution is 2.43. The van der Waals surface area contributed by atoms with Crippen LogP contribution in [0.5, 0.6) is 5.75 Å². The average molecular weight is 366 g/mol. The molecule has 0 radical (unpaired) electrons. The number of nitrogens with one attached hydrogen (secondary N) is 1. The Bertz CT molecular complexity index is 878. The van der Waals surface area contributed by atoms with Gasteiger partial charge in [0.05, 0.1) is 12.8 Å². The Hall–Kier alpha value is -2.63. The summed E-state index contributed by atoms with van der Waals surface area (Å²) < 4.78 is 5.24. The monoisotopic (exact) mass is 366 g/mol. The lowest BCUT2D eigenvalue weighted by atomic mass is 9.77. The van der Waals surface area contributed by atoms with Crippen LogP contribution in [0.15, 0.2) is 24.4 Å². The van der Waals surface area contributed by atoms with Crippen LogP contribution in [0.25, 0.3) is 0 Å². The average Bonchev–Trinajstić information content (AvgIpc) is 3.00. The van der Waals surface area contributed by atoms with Gasteiger partial charge in [-0.3, -0.25) is 0 Å². The summed E-state index contributed by atoms with van der Waals surface area (Å²) >= 11 is 0. The highest BCUT2D eigenvalue weighted by molar-refractivity contribution is 5.90. The number of likely N-dealkylation sites (tertiary alicyclic amines) is 1. The smallest absolute Gasteiger partial charge is 0.321 e. The number of aromatic nitrogens is 2. The van der Waals surface area contributed by atoms with E-state index in [-0.39, 0.29) is 11.4 Å². The number of piperidine rings is 1. The third-order valence-corrected chi connectivity index (χ3v) is 5.90. The second-order valence-corrected chi connectivity index (χ2v) is 7.71. The van der Waals surface area contributed by atoms with Crippen LogP contribution in [-0.4, -0.2) is 41.1 Å². The highest BCUT2D eigenvalue weighted by Gasteiger charge is 2.44. The van der Waals surface area contributed by atoms with Crippen LogP contribution in [0.2, 0.25) is 0 Å². The lowest BCUT2D eigenvalue weighted by Gasteiger charge is -2.40. The van der Waals surface area contributed by atoms with E-state index in [0.717, 1.165) is 67.3 Å². The van der Waals surface area contributed by atoms with Crippen molar-refractivity contribution in [3.05, 3.63) is 47.0 Å². The molecule has 142 valence electrons. The van der Waals surface area contributed by atoms with Gasteiger partial charge in [0.25, 0.3) is 0 Å². The maximum absolute atomic E-state index is 12.9. The number of anilines is 1. The van der Waals surface area contributed by atoms with Crippen LogP contribution in [0.1, 0.15) is 41.9 Å². The summed E-state index contributed by atoms with van der Waals surface area (Å²) in [6.07, 6.45) is 6.10. The van der Waals surface area contributed by atoms with E-state index in [2.05, 4.69) is 10.3 Å². The fourth-order valence-electron chi connectivity index (χ4n) is 4.43. The van der Waals surface area contributed by atoms with Crippen molar-refractivity contribution in [2.24, 2.45) is 0 Å². The molecule has 2 amide bonds. The van der Waals surface area contributed by atoms with Crippen LogP contribution in [0.4, 0.5) is 10.5 Å². The number of nitrogens with zero attached hydrogens (tertiary/aromatic N) is 3. The minimum Gasteiger partial charge on any atom is -0.497 e. The molecule has 1 atom stereocenters. The number of methoxy groups -OCH3 is 1. The van der Waals surface area contributed by atoms with Gasteiger partial charge in [-0.2, -0.15) is 0 Å². The Kier molecular flexibility index (Phi) is 4.50. The summed E-state index contributed by atoms with van der Waals surface area (Å²) in [5.41, 5.74) is 4.20. The van der Waals surface area contributed by atoms with Gasteiger partial charge in [-0.25, -0.2) is 14.8 Å². The van der Waals surface area contributed by atoms with Crippen LogP contribution in [0, 0.1) is 13.8 Å². The van der Waals surface area contributed by atoms with Gasteiger partial charge in [0.15, 0.2) is 0 Å². The number of aryl methyl sites for hydroxylation is 3. The Morgan fingerprint density at radius 3 is 2.93 bits per heavy atom. The third-order valence-electron chi connectivity index (χ3n) is 5.90. The summed E-state index contributed by atoms with van der Waals surface area (Å²) in [5.74, 6) is 1.60. The van der Waals surface area contributed by atoms with Gasteiger partial charge in [0, 0.05) is 30.4 Å². The molecule has 1 N–H and O–H groups in total. The third kappa shape index (κ3) is 3.24. The van der Waals surface area contributed by atoms with Crippen LogP contribution >= 0.6 is 0 Å². The number of carbonyl (C=O) groups is 1. The first-order valence-corrected chi connectivity index (χ1v) is 9.54.